The third-order valence-electron chi connectivity index (χ3n) is 5.26. The molecule has 0 saturated carbocycles. The Bertz CT molecular complexity index is 806. The molecule has 2 fully saturated rings. The number of rotatable bonds is 2. The van der Waals surface area contributed by atoms with Gasteiger partial charge in [-0.15, -0.1) is 0 Å². The van der Waals surface area contributed by atoms with Crippen molar-refractivity contribution in [3.63, 3.8) is 0 Å². The van der Waals surface area contributed by atoms with Crippen LogP contribution in [0.1, 0.15) is 5.56 Å². The van der Waals surface area contributed by atoms with E-state index in [0.29, 0.717) is 17.7 Å². The van der Waals surface area contributed by atoms with Crippen molar-refractivity contribution in [1.29, 1.82) is 0 Å². The molecule has 2 saturated heterocycles. The zero-order chi connectivity index (χ0) is 17.5. The molecular weight excluding hydrogens is 332 g/mol. The maximum Gasteiger partial charge on any atom is 0.165 e. The Morgan fingerprint density at radius 2 is 1.81 bits per heavy atom. The van der Waals surface area contributed by atoms with Crippen LogP contribution in [0, 0.1) is 0 Å². The lowest BCUT2D eigenvalue weighted by molar-refractivity contribution is 0.0973. The Hall–Kier alpha value is -2.45. The normalized spacial score (nSPS) is 22.2. The van der Waals surface area contributed by atoms with Crippen LogP contribution in [0.15, 0.2) is 18.3 Å². The van der Waals surface area contributed by atoms with Crippen molar-refractivity contribution in [2.75, 3.05) is 61.6 Å². The number of nitrogens with zero attached hydrogens (tertiary/aromatic N) is 5. The number of pyridine rings is 1. The van der Waals surface area contributed by atoms with E-state index in [0.717, 1.165) is 69.7 Å². The van der Waals surface area contributed by atoms with Gasteiger partial charge < -0.3 is 25.0 Å². The highest BCUT2D eigenvalue weighted by Gasteiger charge is 2.37. The molecule has 0 amide bonds. The van der Waals surface area contributed by atoms with Crippen LogP contribution < -0.4 is 15.5 Å². The van der Waals surface area contributed by atoms with Crippen LogP contribution in [-0.4, -0.2) is 67.1 Å². The number of hydrogen-bond donors (Lipinski definition) is 1. The van der Waals surface area contributed by atoms with Crippen molar-refractivity contribution < 1.29 is 9.47 Å². The fourth-order valence-corrected chi connectivity index (χ4v) is 3.92. The average molecular weight is 354 g/mol. The summed E-state index contributed by atoms with van der Waals surface area (Å²) in [7, 11) is 0. The number of nitrogen functional groups attached to an aromatic ring is 1. The molecule has 0 spiro atoms. The zero-order valence-electron chi connectivity index (χ0n) is 14.6. The van der Waals surface area contributed by atoms with Gasteiger partial charge in [0.05, 0.1) is 32.5 Å². The molecule has 5 heterocycles. The molecule has 2 aromatic rings. The number of fused-ring (bicyclic) bond motifs is 3. The minimum atomic E-state index is 0.354. The second-order valence-electron chi connectivity index (χ2n) is 6.87. The minimum Gasteiger partial charge on any atom is -0.384 e. The monoisotopic (exact) mass is 354 g/mol. The van der Waals surface area contributed by atoms with Gasteiger partial charge in [0.2, 0.25) is 0 Å². The third-order valence-corrected chi connectivity index (χ3v) is 5.26. The number of anilines is 3. The van der Waals surface area contributed by atoms with Gasteiger partial charge in [0.1, 0.15) is 17.5 Å². The second-order valence-corrected chi connectivity index (χ2v) is 6.87. The number of hydrogen-bond acceptors (Lipinski definition) is 8. The fraction of sp³-hybridized carbons (Fsp3) is 0.500. The molecule has 0 unspecified atom stereocenters. The van der Waals surface area contributed by atoms with E-state index >= 15 is 0 Å². The summed E-state index contributed by atoms with van der Waals surface area (Å²) in [4.78, 5) is 18.7. The van der Waals surface area contributed by atoms with Crippen molar-refractivity contribution in [2.45, 2.75) is 12.5 Å². The van der Waals surface area contributed by atoms with Crippen LogP contribution in [-0.2, 0) is 15.9 Å². The van der Waals surface area contributed by atoms with Gasteiger partial charge in [0, 0.05) is 43.4 Å². The first kappa shape index (κ1) is 15.8. The number of morpholine rings is 2. The van der Waals surface area contributed by atoms with Gasteiger partial charge in [-0.2, -0.15) is 0 Å². The molecule has 0 aliphatic carbocycles. The van der Waals surface area contributed by atoms with E-state index < -0.39 is 0 Å². The smallest absolute Gasteiger partial charge is 0.165 e. The molecule has 2 N–H and O–H groups in total. The van der Waals surface area contributed by atoms with Crippen molar-refractivity contribution >= 4 is 17.5 Å². The summed E-state index contributed by atoms with van der Waals surface area (Å²) in [5, 5.41) is 0. The number of nitrogens with two attached hydrogens (primary N) is 1. The van der Waals surface area contributed by atoms with Gasteiger partial charge in [0.25, 0.3) is 0 Å². The number of aromatic nitrogens is 3. The standard InChI is InChI=1S/C18H22N6O2/c19-15-2-1-12(10-20-15)16-21-17(23-3-6-25-7-4-23)14-9-13-11-26-8-5-24(13)18(14)22-16/h1-2,10,13H,3-9,11H2,(H2,19,20)/t13-/m0/s1. The molecule has 0 bridgehead atoms. The maximum atomic E-state index is 5.73. The summed E-state index contributed by atoms with van der Waals surface area (Å²) in [6.45, 7) is 5.52. The van der Waals surface area contributed by atoms with Gasteiger partial charge in [-0.05, 0) is 12.1 Å². The average Bonchev–Trinajstić information content (AvgIpc) is 3.07. The maximum absolute atomic E-state index is 5.73. The van der Waals surface area contributed by atoms with Crippen LogP contribution >= 0.6 is 0 Å². The van der Waals surface area contributed by atoms with Gasteiger partial charge in [0.15, 0.2) is 5.82 Å². The van der Waals surface area contributed by atoms with Gasteiger partial charge in [-0.25, -0.2) is 15.0 Å². The molecule has 136 valence electrons. The number of ether oxygens (including phenoxy) is 2. The van der Waals surface area contributed by atoms with E-state index in [9.17, 15) is 0 Å². The quantitative estimate of drug-likeness (QED) is 0.844. The van der Waals surface area contributed by atoms with Crippen LogP contribution in [0.4, 0.5) is 17.5 Å². The van der Waals surface area contributed by atoms with Gasteiger partial charge in [-0.3, -0.25) is 0 Å². The summed E-state index contributed by atoms with van der Waals surface area (Å²) in [6, 6.07) is 4.07. The fourth-order valence-electron chi connectivity index (χ4n) is 3.92. The van der Waals surface area contributed by atoms with Crippen molar-refractivity contribution in [2.24, 2.45) is 0 Å². The Kier molecular flexibility index (Phi) is 3.86. The molecule has 26 heavy (non-hydrogen) atoms. The van der Waals surface area contributed by atoms with Crippen LogP contribution in [0.5, 0.6) is 0 Å². The third kappa shape index (κ3) is 2.65. The van der Waals surface area contributed by atoms with Crippen LogP contribution in [0.2, 0.25) is 0 Å². The molecule has 3 aliphatic heterocycles. The summed E-state index contributed by atoms with van der Waals surface area (Å²) in [5.41, 5.74) is 7.85. The van der Waals surface area contributed by atoms with E-state index in [1.165, 1.54) is 5.56 Å². The molecule has 5 rings (SSSR count). The first-order chi connectivity index (χ1) is 12.8. The Balaban J connectivity index is 1.62. The van der Waals surface area contributed by atoms with E-state index in [-0.39, 0.29) is 0 Å². The zero-order valence-corrected chi connectivity index (χ0v) is 14.6. The predicted molar refractivity (Wildman–Crippen MR) is 98.4 cm³/mol. The molecule has 1 atom stereocenters. The Morgan fingerprint density at radius 1 is 1.00 bits per heavy atom. The van der Waals surface area contributed by atoms with Crippen molar-refractivity contribution in [3.05, 3.63) is 23.9 Å². The Morgan fingerprint density at radius 3 is 2.62 bits per heavy atom. The highest BCUT2D eigenvalue weighted by Crippen LogP contribution is 2.39. The highest BCUT2D eigenvalue weighted by molar-refractivity contribution is 5.70. The summed E-state index contributed by atoms with van der Waals surface area (Å²) >= 11 is 0. The molecule has 0 aromatic carbocycles. The summed E-state index contributed by atoms with van der Waals surface area (Å²) in [5.74, 6) is 3.27. The SMILES string of the molecule is Nc1ccc(-c2nc(N3CCOCC3)c3c(n2)N2CCOC[C@@H]2C3)cn1. The lowest BCUT2D eigenvalue weighted by atomic mass is 10.1. The molecule has 0 radical (unpaired) electrons. The molecule has 2 aromatic heterocycles. The lowest BCUT2D eigenvalue weighted by Gasteiger charge is -2.31. The molecule has 8 nitrogen and oxygen atoms in total. The summed E-state index contributed by atoms with van der Waals surface area (Å²) < 4.78 is 11.2. The van der Waals surface area contributed by atoms with Crippen molar-refractivity contribution in [1.82, 2.24) is 15.0 Å². The molecular formula is C18H22N6O2. The Labute approximate surface area is 152 Å². The highest BCUT2D eigenvalue weighted by atomic mass is 16.5. The van der Waals surface area contributed by atoms with Crippen LogP contribution in [0.25, 0.3) is 11.4 Å². The van der Waals surface area contributed by atoms with Crippen molar-refractivity contribution in [3.8, 4) is 11.4 Å². The molecule has 3 aliphatic rings. The van der Waals surface area contributed by atoms with E-state index in [2.05, 4.69) is 14.8 Å². The second kappa shape index (κ2) is 6.37. The lowest BCUT2D eigenvalue weighted by Crippen LogP contribution is -2.43. The molecule has 8 heteroatoms. The first-order valence-electron chi connectivity index (χ1n) is 9.09. The van der Waals surface area contributed by atoms with Gasteiger partial charge >= 0.3 is 0 Å². The minimum absolute atomic E-state index is 0.354. The van der Waals surface area contributed by atoms with Crippen LogP contribution in [0.3, 0.4) is 0 Å². The van der Waals surface area contributed by atoms with E-state index in [1.54, 1.807) is 12.3 Å². The topological polar surface area (TPSA) is 89.6 Å². The van der Waals surface area contributed by atoms with E-state index in [1.807, 2.05) is 6.07 Å². The summed E-state index contributed by atoms with van der Waals surface area (Å²) in [6.07, 6.45) is 2.67. The van der Waals surface area contributed by atoms with E-state index in [4.69, 9.17) is 25.2 Å². The first-order valence-corrected chi connectivity index (χ1v) is 9.09. The largest absolute Gasteiger partial charge is 0.384 e. The predicted octanol–water partition coefficient (Wildman–Crippen LogP) is 0.719. The van der Waals surface area contributed by atoms with Gasteiger partial charge in [-0.1, -0.05) is 0 Å².